The van der Waals surface area contributed by atoms with E-state index in [0.717, 1.165) is 105 Å². The van der Waals surface area contributed by atoms with Crippen LogP contribution in [0.4, 0.5) is 176 Å². The Hall–Kier alpha value is -9.45. The fraction of sp³-hybridized carbons (Fsp3) is 0.372. The van der Waals surface area contributed by atoms with Crippen LogP contribution >= 0.6 is 0 Å². The van der Waals surface area contributed by atoms with Gasteiger partial charge in [-0.25, -0.2) is 176 Å². The van der Waals surface area contributed by atoms with Crippen molar-refractivity contribution in [2.45, 2.75) is 25.7 Å². The first-order valence-corrected chi connectivity index (χ1v) is 40.4. The van der Waals surface area contributed by atoms with Crippen LogP contribution in [0.2, 0.25) is 0 Å². The summed E-state index contributed by atoms with van der Waals surface area (Å²) in [6, 6.07) is 5.01. The van der Waals surface area contributed by atoms with Crippen molar-refractivity contribution < 1.29 is 229 Å². The van der Waals surface area contributed by atoms with E-state index in [1.54, 1.807) is 0 Å². The van der Waals surface area contributed by atoms with Crippen LogP contribution in [0.1, 0.15) is 25.7 Å². The number of hydrogen-bond donors (Lipinski definition) is 0. The van der Waals surface area contributed by atoms with Gasteiger partial charge < -0.3 is 49.1 Å². The van der Waals surface area contributed by atoms with Crippen molar-refractivity contribution in [2.75, 3.05) is 190 Å². The van der Waals surface area contributed by atoms with Crippen molar-refractivity contribution >= 4 is 56.0 Å². The summed E-state index contributed by atoms with van der Waals surface area (Å²) >= 11 is 0. The van der Waals surface area contributed by atoms with Gasteiger partial charge in [-0.1, -0.05) is 24.3 Å². The second-order valence-corrected chi connectivity index (χ2v) is 32.2. The van der Waals surface area contributed by atoms with Crippen molar-refractivity contribution in [3.63, 3.8) is 0 Å². The molecule has 2 fully saturated rings. The molecule has 2 saturated heterocycles. The number of rotatable bonds is 26. The Labute approximate surface area is 805 Å². The Balaban J connectivity index is 0.000000490. The van der Waals surface area contributed by atoms with E-state index in [1.807, 2.05) is 0 Å². The first-order valence-electron chi connectivity index (χ1n) is 40.4. The van der Waals surface area contributed by atoms with E-state index >= 15 is 70.2 Å². The third-order valence-corrected chi connectivity index (χ3v) is 21.1. The number of hydrogen-bond acceptors (Lipinski definition) is 12. The summed E-state index contributed by atoms with van der Waals surface area (Å²) in [6.07, 6.45) is -9.32. The molecule has 0 radical (unpaired) electrons. The third kappa shape index (κ3) is 27.8. The van der Waals surface area contributed by atoms with Crippen LogP contribution in [0.5, 0.6) is 11.5 Å². The van der Waals surface area contributed by atoms with Gasteiger partial charge in [0.1, 0.15) is 105 Å². The second kappa shape index (κ2) is 54.6. The van der Waals surface area contributed by atoms with Gasteiger partial charge in [0.25, 0.3) is 0 Å². The molecular formula is C86H80B2F40Fe2N8O4+8. The molecule has 56 heteroatoms. The molecule has 11 rings (SSSR count). The largest absolute Gasteiger partial charge is 6.00 e. The molecule has 0 unspecified atom stereocenters. The van der Waals surface area contributed by atoms with Crippen LogP contribution in [-0.2, 0) is 43.6 Å². The van der Waals surface area contributed by atoms with Gasteiger partial charge in [-0.3, -0.25) is 9.80 Å². The summed E-state index contributed by atoms with van der Waals surface area (Å²) in [5, 5.41) is 20.6. The molecule has 0 atom stereocenters. The minimum absolute atomic E-state index is 0. The summed E-state index contributed by atoms with van der Waals surface area (Å²) in [5.74, 6) is -143. The Kier molecular flexibility index (Phi) is 48.8. The molecule has 0 bridgehead atoms. The number of nitrogens with zero attached hydrogens (tertiary/aromatic N) is 8. The van der Waals surface area contributed by atoms with E-state index < -0.39 is 289 Å². The van der Waals surface area contributed by atoms with Crippen molar-refractivity contribution in [3.05, 3.63) is 257 Å². The molecule has 0 N–H and O–H groups in total. The first-order chi connectivity index (χ1) is 65.0. The zero-order chi connectivity index (χ0) is 107. The normalized spacial score (nSPS) is 12.6. The van der Waals surface area contributed by atoms with E-state index in [1.165, 1.54) is 49.9 Å². The summed E-state index contributed by atoms with van der Waals surface area (Å²) in [6.45, 7) is 17.8. The Morgan fingerprint density at radius 3 is 0.345 bits per heavy atom. The van der Waals surface area contributed by atoms with Gasteiger partial charge in [-0.2, -0.15) is 0 Å². The smallest absolute Gasteiger partial charge is 0.872 e. The second-order valence-electron chi connectivity index (χ2n) is 32.2. The number of likely N-dealkylation sites (N-methyl/N-ethyl adjacent to an activating group) is 6. The van der Waals surface area contributed by atoms with Gasteiger partial charge in [0.15, 0.2) is 140 Å². The minimum atomic E-state index is -7.22. The summed E-state index contributed by atoms with van der Waals surface area (Å²) in [4.78, 5) is 18.6. The maximum atomic E-state index is 15.4. The number of benzene rings is 9. The zero-order valence-corrected chi connectivity index (χ0v) is 77.9. The van der Waals surface area contributed by atoms with Crippen molar-refractivity contribution in [2.24, 2.45) is 0 Å². The van der Waals surface area contributed by atoms with Gasteiger partial charge >= 0.3 is 34.1 Å². The van der Waals surface area contributed by atoms with Gasteiger partial charge in [0.05, 0.1) is 0 Å². The quantitative estimate of drug-likeness (QED) is 0.0224. The van der Waals surface area contributed by atoms with Crippen molar-refractivity contribution in [3.8, 4) is 11.5 Å². The SMILES string of the molecule is C1CCOC1.C1CCOC1.CN(C)CCN(CCN(C)C)CCN(C)C.CN(C)CCN(CCN(C)C)CCN(C)C.Fc1c(F)c(F)c([B-](c2c(F)c(F)c(F)c(F)c2F)(c2c(F)c(F)c(F)c(F)c2F)c2c(F)c(F)c(F)c(F)c2F)c(F)c1F.Fc1c(F)c(F)c([B-](c2c(F)c(F)c(F)c(F)c2F)(c2c(F)c(F)c(F)c(F)c2F)c2c(F)c(F)c(F)c(F)c2F)c(F)c1F.[Fe+6].[Fe+6].[O-]c1ccc([O-])cc1. The van der Waals surface area contributed by atoms with Crippen LogP contribution < -0.4 is 53.9 Å². The van der Waals surface area contributed by atoms with E-state index in [0.29, 0.717) is 0 Å². The fourth-order valence-corrected chi connectivity index (χ4v) is 13.9. The molecule has 2 heterocycles. The van der Waals surface area contributed by atoms with E-state index in [9.17, 15) is 116 Å². The molecule has 9 aromatic carbocycles. The van der Waals surface area contributed by atoms with E-state index in [4.69, 9.17) is 9.47 Å². The topological polar surface area (TPSA) is 90.5 Å². The molecule has 0 aromatic heterocycles. The molecule has 12 nitrogen and oxygen atoms in total. The Bertz CT molecular complexity index is 4660. The van der Waals surface area contributed by atoms with Crippen LogP contribution in [0.25, 0.3) is 0 Å². The van der Waals surface area contributed by atoms with Gasteiger partial charge in [-0.05, 0) is 110 Å². The van der Waals surface area contributed by atoms with Gasteiger partial charge in [0, 0.05) is 105 Å². The van der Waals surface area contributed by atoms with Gasteiger partial charge in [0.2, 0.25) is 0 Å². The molecule has 142 heavy (non-hydrogen) atoms. The maximum absolute atomic E-state index is 15.4. The maximum Gasteiger partial charge on any atom is 6.00 e. The number of halogens is 40. The zero-order valence-electron chi connectivity index (χ0n) is 75.6. The van der Waals surface area contributed by atoms with E-state index in [2.05, 4.69) is 124 Å². The molecule has 9 aromatic rings. The van der Waals surface area contributed by atoms with Crippen molar-refractivity contribution in [1.82, 2.24) is 39.2 Å². The minimum Gasteiger partial charge on any atom is -0.872 e. The van der Waals surface area contributed by atoms with Crippen LogP contribution in [-0.4, -0.2) is 241 Å². The molecule has 2 aliphatic heterocycles. The average Bonchev–Trinajstić information content (AvgIpc) is 0.710. The molecule has 0 spiro atoms. The standard InChI is InChI=1S/2C24BF20.2C12H30N4.C6H6O2.2C4H8O.2Fe/c2*26-5-1(6(27)14(35)21(42)13(5)34)25(2-7(28)15(36)22(43)16(37)8(2)29,3-9(30)17(38)23(44)18(39)10(3)31)4-11(32)19(40)24(45)20(41)12(4)33;2*1-13(2)7-10-16(11-8-14(3)4)12-9-15(5)6;7-5-1-2-6(8)4-3-5;2*1-2-4-5-3-1;;/h;;2*7-12H2,1-6H3;1-4,7-8H;2*1-4H2;;/q2*-1;;;;;;2*+6/p-2. The predicted octanol–water partition coefficient (Wildman–Crippen LogP) is 13.1. The van der Waals surface area contributed by atoms with Crippen LogP contribution in [0.3, 0.4) is 0 Å². The van der Waals surface area contributed by atoms with E-state index in [-0.39, 0.29) is 45.6 Å². The monoisotopic (exact) mass is 2180 g/mol. The summed E-state index contributed by atoms with van der Waals surface area (Å²) in [5.41, 5.74) is -28.7. The molecule has 0 aliphatic carbocycles. The first kappa shape index (κ1) is 127. The van der Waals surface area contributed by atoms with Crippen LogP contribution in [0.15, 0.2) is 24.3 Å². The van der Waals surface area contributed by atoms with Gasteiger partial charge in [-0.15, -0.1) is 55.2 Å². The van der Waals surface area contributed by atoms with Crippen molar-refractivity contribution in [1.29, 1.82) is 0 Å². The Morgan fingerprint density at radius 1 is 0.176 bits per heavy atom. The Morgan fingerprint density at radius 2 is 0.268 bits per heavy atom. The molecule has 0 amide bonds. The van der Waals surface area contributed by atoms with Crippen LogP contribution in [0, 0.1) is 233 Å². The fourth-order valence-electron chi connectivity index (χ4n) is 13.9. The molecule has 782 valence electrons. The summed E-state index contributed by atoms with van der Waals surface area (Å²) in [7, 11) is 25.6. The molecular weight excluding hydrogens is 2100 g/mol. The molecule has 0 saturated carbocycles. The molecule has 2 aliphatic rings. The predicted molar refractivity (Wildman–Crippen MR) is 428 cm³/mol. The summed E-state index contributed by atoms with van der Waals surface area (Å²) < 4.78 is 598. The number of ether oxygens (including phenoxy) is 2. The average molecular weight is 2180 g/mol. The third-order valence-electron chi connectivity index (χ3n) is 21.1.